The SMILES string of the molecule is O=C(/C=C/c1ccc(Br)cc1)NCCc1ccc(O)cc1. The summed E-state index contributed by atoms with van der Waals surface area (Å²) in [6.07, 6.45) is 4.04. The largest absolute Gasteiger partial charge is 0.508 e. The quantitative estimate of drug-likeness (QED) is 0.814. The Morgan fingerprint density at radius 2 is 1.76 bits per heavy atom. The van der Waals surface area contributed by atoms with Crippen molar-refractivity contribution in [2.75, 3.05) is 6.54 Å². The standard InChI is InChI=1S/C17H16BrNO2/c18-15-6-1-13(2-7-15)5-10-17(21)19-12-11-14-3-8-16(20)9-4-14/h1-10,20H,11-12H2,(H,19,21)/b10-5+. The summed E-state index contributed by atoms with van der Waals surface area (Å²) in [5.41, 5.74) is 2.05. The second kappa shape index (κ2) is 7.64. The van der Waals surface area contributed by atoms with E-state index in [9.17, 15) is 9.90 Å². The van der Waals surface area contributed by atoms with E-state index in [1.165, 1.54) is 6.08 Å². The molecule has 2 aromatic carbocycles. The zero-order valence-electron chi connectivity index (χ0n) is 11.4. The van der Waals surface area contributed by atoms with Crippen LogP contribution in [0.15, 0.2) is 59.1 Å². The third-order valence-corrected chi connectivity index (χ3v) is 3.48. The first kappa shape index (κ1) is 15.3. The number of carbonyl (C=O) groups excluding carboxylic acids is 1. The van der Waals surface area contributed by atoms with E-state index in [4.69, 9.17) is 0 Å². The van der Waals surface area contributed by atoms with Crippen LogP contribution in [0.5, 0.6) is 5.75 Å². The lowest BCUT2D eigenvalue weighted by Crippen LogP contribution is -2.23. The highest BCUT2D eigenvalue weighted by Crippen LogP contribution is 2.11. The van der Waals surface area contributed by atoms with Crippen molar-refractivity contribution in [3.8, 4) is 5.75 Å². The molecule has 1 amide bonds. The van der Waals surface area contributed by atoms with Gasteiger partial charge in [-0.2, -0.15) is 0 Å². The van der Waals surface area contributed by atoms with Gasteiger partial charge in [0.05, 0.1) is 0 Å². The number of hydrogen-bond acceptors (Lipinski definition) is 2. The maximum atomic E-state index is 11.7. The molecule has 0 fully saturated rings. The van der Waals surface area contributed by atoms with E-state index < -0.39 is 0 Å². The third kappa shape index (κ3) is 5.44. The molecule has 0 heterocycles. The van der Waals surface area contributed by atoms with Crippen LogP contribution in [0.2, 0.25) is 0 Å². The number of nitrogens with one attached hydrogen (secondary N) is 1. The van der Waals surface area contributed by atoms with Crippen molar-refractivity contribution in [1.29, 1.82) is 0 Å². The van der Waals surface area contributed by atoms with Crippen molar-refractivity contribution in [3.63, 3.8) is 0 Å². The first-order valence-electron chi connectivity index (χ1n) is 6.63. The molecule has 0 aliphatic carbocycles. The number of hydrogen-bond donors (Lipinski definition) is 2. The van der Waals surface area contributed by atoms with E-state index in [0.717, 1.165) is 22.0 Å². The minimum atomic E-state index is -0.114. The van der Waals surface area contributed by atoms with Gasteiger partial charge in [-0.05, 0) is 47.9 Å². The summed E-state index contributed by atoms with van der Waals surface area (Å²) < 4.78 is 1.01. The van der Waals surface area contributed by atoms with Gasteiger partial charge in [0, 0.05) is 17.1 Å². The smallest absolute Gasteiger partial charge is 0.244 e. The second-order valence-corrected chi connectivity index (χ2v) is 5.51. The van der Waals surface area contributed by atoms with Crippen molar-refractivity contribution in [3.05, 3.63) is 70.2 Å². The molecule has 108 valence electrons. The van der Waals surface area contributed by atoms with Crippen LogP contribution in [-0.4, -0.2) is 17.6 Å². The molecule has 0 aromatic heterocycles. The van der Waals surface area contributed by atoms with Crippen LogP contribution < -0.4 is 5.32 Å². The summed E-state index contributed by atoms with van der Waals surface area (Å²) in [6, 6.07) is 14.7. The number of rotatable bonds is 5. The van der Waals surface area contributed by atoms with E-state index >= 15 is 0 Å². The zero-order chi connectivity index (χ0) is 15.1. The average molecular weight is 346 g/mol. The molecule has 4 heteroatoms. The van der Waals surface area contributed by atoms with Crippen LogP contribution in [0.3, 0.4) is 0 Å². The number of carbonyl (C=O) groups is 1. The Hall–Kier alpha value is -2.07. The fourth-order valence-electron chi connectivity index (χ4n) is 1.80. The lowest BCUT2D eigenvalue weighted by molar-refractivity contribution is -0.116. The van der Waals surface area contributed by atoms with E-state index in [2.05, 4.69) is 21.2 Å². The van der Waals surface area contributed by atoms with Gasteiger partial charge < -0.3 is 10.4 Å². The summed E-state index contributed by atoms with van der Waals surface area (Å²) in [4.78, 5) is 11.7. The zero-order valence-corrected chi connectivity index (χ0v) is 13.0. The normalized spacial score (nSPS) is 10.7. The Bertz CT molecular complexity index is 618. The van der Waals surface area contributed by atoms with Gasteiger partial charge in [-0.15, -0.1) is 0 Å². The average Bonchev–Trinajstić information content (AvgIpc) is 2.49. The molecule has 0 spiro atoms. The molecule has 0 bridgehead atoms. The second-order valence-electron chi connectivity index (χ2n) is 4.59. The first-order chi connectivity index (χ1) is 10.1. The molecule has 2 rings (SSSR count). The lowest BCUT2D eigenvalue weighted by atomic mass is 10.1. The Balaban J connectivity index is 1.77. The monoisotopic (exact) mass is 345 g/mol. The first-order valence-corrected chi connectivity index (χ1v) is 7.42. The molecule has 0 radical (unpaired) electrons. The summed E-state index contributed by atoms with van der Waals surface area (Å²) in [7, 11) is 0. The topological polar surface area (TPSA) is 49.3 Å². The fraction of sp³-hybridized carbons (Fsp3) is 0.118. The van der Waals surface area contributed by atoms with Gasteiger partial charge in [-0.25, -0.2) is 0 Å². The van der Waals surface area contributed by atoms with Crippen LogP contribution in [0.1, 0.15) is 11.1 Å². The summed E-state index contributed by atoms with van der Waals surface area (Å²) in [5.74, 6) is 0.136. The molecular weight excluding hydrogens is 330 g/mol. The molecule has 0 aliphatic heterocycles. The van der Waals surface area contributed by atoms with Crippen molar-refractivity contribution in [2.24, 2.45) is 0 Å². The number of phenols is 1. The highest BCUT2D eigenvalue weighted by Gasteiger charge is 1.97. The predicted molar refractivity (Wildman–Crippen MR) is 88.0 cm³/mol. The highest BCUT2D eigenvalue weighted by atomic mass is 79.9. The molecule has 0 atom stereocenters. The van der Waals surface area contributed by atoms with Gasteiger partial charge in [0.1, 0.15) is 5.75 Å². The van der Waals surface area contributed by atoms with Gasteiger partial charge in [0.15, 0.2) is 0 Å². The van der Waals surface area contributed by atoms with Gasteiger partial charge in [0.25, 0.3) is 0 Å². The molecule has 0 aliphatic rings. The molecular formula is C17H16BrNO2. The molecule has 0 saturated heterocycles. The molecule has 21 heavy (non-hydrogen) atoms. The lowest BCUT2D eigenvalue weighted by Gasteiger charge is -2.03. The molecule has 3 nitrogen and oxygen atoms in total. The van der Waals surface area contributed by atoms with Crippen molar-refractivity contribution in [2.45, 2.75) is 6.42 Å². The third-order valence-electron chi connectivity index (χ3n) is 2.95. The summed E-state index contributed by atoms with van der Waals surface area (Å²) in [5, 5.41) is 12.0. The molecule has 0 saturated carbocycles. The molecule has 2 aromatic rings. The van der Waals surface area contributed by atoms with Crippen molar-refractivity contribution in [1.82, 2.24) is 5.32 Å². The fourth-order valence-corrected chi connectivity index (χ4v) is 2.06. The van der Waals surface area contributed by atoms with Crippen LogP contribution in [-0.2, 0) is 11.2 Å². The van der Waals surface area contributed by atoms with Crippen LogP contribution in [0, 0.1) is 0 Å². The van der Waals surface area contributed by atoms with Gasteiger partial charge >= 0.3 is 0 Å². The van der Waals surface area contributed by atoms with E-state index in [-0.39, 0.29) is 11.7 Å². The van der Waals surface area contributed by atoms with Crippen LogP contribution >= 0.6 is 15.9 Å². The maximum Gasteiger partial charge on any atom is 0.244 e. The Morgan fingerprint density at radius 1 is 1.10 bits per heavy atom. The van der Waals surface area contributed by atoms with Crippen molar-refractivity contribution >= 4 is 27.9 Å². The van der Waals surface area contributed by atoms with E-state index in [0.29, 0.717) is 6.54 Å². The number of phenolic OH excluding ortho intramolecular Hbond substituents is 1. The number of amides is 1. The van der Waals surface area contributed by atoms with Crippen LogP contribution in [0.25, 0.3) is 6.08 Å². The minimum Gasteiger partial charge on any atom is -0.508 e. The maximum absolute atomic E-state index is 11.7. The van der Waals surface area contributed by atoms with E-state index in [1.807, 2.05) is 36.4 Å². The van der Waals surface area contributed by atoms with Gasteiger partial charge in [0.2, 0.25) is 5.91 Å². The highest BCUT2D eigenvalue weighted by molar-refractivity contribution is 9.10. The Kier molecular flexibility index (Phi) is 5.58. The summed E-state index contributed by atoms with van der Waals surface area (Å²) in [6.45, 7) is 0.564. The van der Waals surface area contributed by atoms with Crippen molar-refractivity contribution < 1.29 is 9.90 Å². The van der Waals surface area contributed by atoms with Gasteiger partial charge in [-0.3, -0.25) is 4.79 Å². The Morgan fingerprint density at radius 3 is 2.43 bits per heavy atom. The minimum absolute atomic E-state index is 0.114. The van der Waals surface area contributed by atoms with E-state index in [1.54, 1.807) is 18.2 Å². The molecule has 0 unspecified atom stereocenters. The van der Waals surface area contributed by atoms with Gasteiger partial charge in [-0.1, -0.05) is 40.2 Å². The molecule has 2 N–H and O–H groups in total. The number of benzene rings is 2. The number of aromatic hydroxyl groups is 1. The number of halogens is 1. The van der Waals surface area contributed by atoms with Crippen LogP contribution in [0.4, 0.5) is 0 Å². The Labute approximate surface area is 132 Å². The summed E-state index contributed by atoms with van der Waals surface area (Å²) >= 11 is 3.37. The predicted octanol–water partition coefficient (Wildman–Crippen LogP) is 3.53.